The Labute approximate surface area is 83.1 Å². The summed E-state index contributed by atoms with van der Waals surface area (Å²) in [6.45, 7) is 5.34. The quantitative estimate of drug-likeness (QED) is 0.469. The van der Waals surface area contributed by atoms with Gasteiger partial charge in [0.25, 0.3) is 0 Å². The molecule has 0 N–H and O–H groups in total. The Hall–Kier alpha value is -1.12. The molecule has 0 aromatic rings. The maximum atomic E-state index is 11.2. The molecule has 3 heteroatoms. The van der Waals surface area contributed by atoms with Crippen molar-refractivity contribution in [3.63, 3.8) is 0 Å². The molecule has 3 nitrogen and oxygen atoms in total. The van der Waals surface area contributed by atoms with Crippen molar-refractivity contribution in [3.05, 3.63) is 12.2 Å². The fourth-order valence-corrected chi connectivity index (χ4v) is 2.39. The molecule has 2 rings (SSSR count). The highest BCUT2D eigenvalue weighted by molar-refractivity contribution is 5.91. The van der Waals surface area contributed by atoms with Gasteiger partial charge in [-0.05, 0) is 26.2 Å². The minimum absolute atomic E-state index is 0.0787. The summed E-state index contributed by atoms with van der Waals surface area (Å²) < 4.78 is 5.17. The lowest BCUT2D eigenvalue weighted by Gasteiger charge is -2.28. The van der Waals surface area contributed by atoms with Crippen molar-refractivity contribution < 1.29 is 14.3 Å². The zero-order valence-corrected chi connectivity index (χ0v) is 8.29. The summed E-state index contributed by atoms with van der Waals surface area (Å²) in [7, 11) is 0. The molecular weight excluding hydrogens is 180 g/mol. The highest BCUT2D eigenvalue weighted by Crippen LogP contribution is 2.40. The van der Waals surface area contributed by atoms with E-state index in [4.69, 9.17) is 4.74 Å². The van der Waals surface area contributed by atoms with Gasteiger partial charge in [-0.2, -0.15) is 0 Å². The van der Waals surface area contributed by atoms with Crippen molar-refractivity contribution in [2.75, 3.05) is 0 Å². The second kappa shape index (κ2) is 3.23. The van der Waals surface area contributed by atoms with Crippen LogP contribution in [0.2, 0.25) is 0 Å². The van der Waals surface area contributed by atoms with E-state index in [-0.39, 0.29) is 29.7 Å². The highest BCUT2D eigenvalue weighted by Gasteiger charge is 2.43. The molecule has 0 bridgehead atoms. The smallest absolute Gasteiger partial charge is 0.334 e. The summed E-state index contributed by atoms with van der Waals surface area (Å²) in [6.07, 6.45) is 2.33. The minimum Gasteiger partial charge on any atom is -0.458 e. The van der Waals surface area contributed by atoms with E-state index in [2.05, 4.69) is 6.58 Å². The number of ether oxygens (including phenoxy) is 1. The lowest BCUT2D eigenvalue weighted by atomic mass is 9.77. The standard InChI is InChI=1S/C11H14O3/c1-6-9-4-3-8(7(2)12)5-10(9)14-11(6)13/h8-10H,1,3-5H2,2H3. The maximum Gasteiger partial charge on any atom is 0.334 e. The largest absolute Gasteiger partial charge is 0.458 e. The number of hydrogen-bond acceptors (Lipinski definition) is 3. The van der Waals surface area contributed by atoms with E-state index >= 15 is 0 Å². The third kappa shape index (κ3) is 1.37. The summed E-state index contributed by atoms with van der Waals surface area (Å²) in [5, 5.41) is 0. The van der Waals surface area contributed by atoms with Gasteiger partial charge >= 0.3 is 5.97 Å². The van der Waals surface area contributed by atoms with Gasteiger partial charge in [-0.3, -0.25) is 4.79 Å². The molecule has 2 fully saturated rings. The molecule has 1 aliphatic heterocycles. The number of fused-ring (bicyclic) bond motifs is 1. The molecule has 76 valence electrons. The lowest BCUT2D eigenvalue weighted by Crippen LogP contribution is -2.29. The molecule has 0 radical (unpaired) electrons. The first kappa shape index (κ1) is 9.44. The Balaban J connectivity index is 2.10. The predicted octanol–water partition coefficient (Wildman–Crippen LogP) is 1.47. The van der Waals surface area contributed by atoms with Crippen LogP contribution in [0.5, 0.6) is 0 Å². The van der Waals surface area contributed by atoms with Crippen molar-refractivity contribution in [2.24, 2.45) is 11.8 Å². The summed E-state index contributed by atoms with van der Waals surface area (Å²) in [5.41, 5.74) is 0.594. The number of carbonyl (C=O) groups is 2. The summed E-state index contributed by atoms with van der Waals surface area (Å²) in [5.74, 6) is 0.175. The molecule has 1 aliphatic carbocycles. The van der Waals surface area contributed by atoms with Gasteiger partial charge in [-0.15, -0.1) is 0 Å². The Kier molecular flexibility index (Phi) is 2.17. The van der Waals surface area contributed by atoms with Crippen LogP contribution >= 0.6 is 0 Å². The number of Topliss-reactive ketones (excluding diaryl/α,β-unsaturated/α-hetero) is 1. The molecule has 2 aliphatic rings. The van der Waals surface area contributed by atoms with Crippen LogP contribution in [0.25, 0.3) is 0 Å². The first-order valence-corrected chi connectivity index (χ1v) is 5.00. The molecule has 3 unspecified atom stereocenters. The zero-order chi connectivity index (χ0) is 10.3. The van der Waals surface area contributed by atoms with Crippen LogP contribution in [0.4, 0.5) is 0 Å². The molecule has 0 aromatic carbocycles. The maximum absolute atomic E-state index is 11.2. The Morgan fingerprint density at radius 3 is 2.86 bits per heavy atom. The van der Waals surface area contributed by atoms with Gasteiger partial charge in [0, 0.05) is 17.4 Å². The molecule has 14 heavy (non-hydrogen) atoms. The fourth-order valence-electron chi connectivity index (χ4n) is 2.39. The van der Waals surface area contributed by atoms with Crippen LogP contribution in [-0.2, 0) is 14.3 Å². The van der Waals surface area contributed by atoms with Gasteiger partial charge in [-0.25, -0.2) is 4.79 Å². The Morgan fingerprint density at radius 2 is 2.21 bits per heavy atom. The molecule has 1 heterocycles. The van der Waals surface area contributed by atoms with Gasteiger partial charge in [0.1, 0.15) is 11.9 Å². The topological polar surface area (TPSA) is 43.4 Å². The van der Waals surface area contributed by atoms with E-state index in [1.165, 1.54) is 0 Å². The van der Waals surface area contributed by atoms with Crippen LogP contribution in [0.1, 0.15) is 26.2 Å². The Bertz CT molecular complexity index is 306. The summed E-state index contributed by atoms with van der Waals surface area (Å²) in [4.78, 5) is 22.4. The number of esters is 1. The second-order valence-corrected chi connectivity index (χ2v) is 4.20. The van der Waals surface area contributed by atoms with E-state index < -0.39 is 0 Å². The van der Waals surface area contributed by atoms with Crippen LogP contribution in [0, 0.1) is 11.8 Å². The normalized spacial score (nSPS) is 36.5. The average Bonchev–Trinajstić information content (AvgIpc) is 2.42. The monoisotopic (exact) mass is 194 g/mol. The molecule has 1 saturated carbocycles. The van der Waals surface area contributed by atoms with E-state index in [1.807, 2.05) is 0 Å². The number of carbonyl (C=O) groups excluding carboxylic acids is 2. The number of hydrogen-bond donors (Lipinski definition) is 0. The predicted molar refractivity (Wildman–Crippen MR) is 50.5 cm³/mol. The van der Waals surface area contributed by atoms with E-state index in [9.17, 15) is 9.59 Å². The molecule has 0 spiro atoms. The summed E-state index contributed by atoms with van der Waals surface area (Å²) in [6, 6.07) is 0. The van der Waals surface area contributed by atoms with Crippen LogP contribution in [0.3, 0.4) is 0 Å². The molecule has 3 atom stereocenters. The van der Waals surface area contributed by atoms with E-state index in [1.54, 1.807) is 6.92 Å². The fraction of sp³-hybridized carbons (Fsp3) is 0.636. The van der Waals surface area contributed by atoms with Gasteiger partial charge in [-0.1, -0.05) is 6.58 Å². The van der Waals surface area contributed by atoms with Crippen LogP contribution in [0.15, 0.2) is 12.2 Å². The Morgan fingerprint density at radius 1 is 1.50 bits per heavy atom. The van der Waals surface area contributed by atoms with E-state index in [0.29, 0.717) is 12.0 Å². The minimum atomic E-state index is -0.274. The molecule has 0 amide bonds. The van der Waals surface area contributed by atoms with Crippen molar-refractivity contribution >= 4 is 11.8 Å². The number of ketones is 1. The zero-order valence-electron chi connectivity index (χ0n) is 8.29. The van der Waals surface area contributed by atoms with Crippen LogP contribution in [-0.4, -0.2) is 17.9 Å². The van der Waals surface area contributed by atoms with Crippen molar-refractivity contribution in [1.29, 1.82) is 0 Å². The van der Waals surface area contributed by atoms with Gasteiger partial charge in [0.05, 0.1) is 0 Å². The average molecular weight is 194 g/mol. The lowest BCUT2D eigenvalue weighted by molar-refractivity contribution is -0.141. The SMILES string of the molecule is C=C1C(=O)OC2CC(C(C)=O)CCC12. The van der Waals surface area contributed by atoms with Crippen molar-refractivity contribution in [3.8, 4) is 0 Å². The van der Waals surface area contributed by atoms with Crippen molar-refractivity contribution in [1.82, 2.24) is 0 Å². The van der Waals surface area contributed by atoms with Gasteiger partial charge < -0.3 is 4.74 Å². The van der Waals surface area contributed by atoms with Gasteiger partial charge in [0.2, 0.25) is 0 Å². The van der Waals surface area contributed by atoms with Crippen LogP contribution < -0.4 is 0 Å². The van der Waals surface area contributed by atoms with E-state index in [0.717, 1.165) is 12.8 Å². The molecular formula is C11H14O3. The first-order valence-electron chi connectivity index (χ1n) is 5.00. The third-order valence-corrected chi connectivity index (χ3v) is 3.33. The second-order valence-electron chi connectivity index (χ2n) is 4.20. The first-order chi connectivity index (χ1) is 6.59. The third-order valence-electron chi connectivity index (χ3n) is 3.33. The summed E-state index contributed by atoms with van der Waals surface area (Å²) >= 11 is 0. The van der Waals surface area contributed by atoms with Crippen molar-refractivity contribution in [2.45, 2.75) is 32.3 Å². The number of rotatable bonds is 1. The van der Waals surface area contributed by atoms with Gasteiger partial charge in [0.15, 0.2) is 0 Å². The molecule has 1 saturated heterocycles. The molecule has 0 aromatic heterocycles. The highest BCUT2D eigenvalue weighted by atomic mass is 16.6.